The highest BCUT2D eigenvalue weighted by atomic mass is 19.4. The molecule has 7 nitrogen and oxygen atoms in total. The topological polar surface area (TPSA) is 74.0 Å². The van der Waals surface area contributed by atoms with Crippen LogP contribution in [0.15, 0.2) is 72.8 Å². The number of ether oxygens (including phenoxy) is 1. The first-order valence-electron chi connectivity index (χ1n) is 13.3. The molecule has 3 aromatic carbocycles. The van der Waals surface area contributed by atoms with E-state index in [0.717, 1.165) is 24.3 Å². The summed E-state index contributed by atoms with van der Waals surface area (Å²) < 4.78 is 90.5. The van der Waals surface area contributed by atoms with Gasteiger partial charge in [0.2, 0.25) is 17.7 Å². The second-order valence-corrected chi connectivity index (χ2v) is 10.4. The van der Waals surface area contributed by atoms with Crippen molar-refractivity contribution in [1.82, 2.24) is 19.6 Å². The maximum Gasteiger partial charge on any atom is 0.416 e. The Morgan fingerprint density at radius 2 is 1.20 bits per heavy atom. The molecule has 1 amide bonds. The van der Waals surface area contributed by atoms with Crippen molar-refractivity contribution in [2.75, 3.05) is 5.32 Å². The number of rotatable bonds is 4. The number of benzene rings is 3. The Bertz CT molecular complexity index is 1800. The summed E-state index contributed by atoms with van der Waals surface area (Å²) in [6.07, 6.45) is -9.21. The lowest BCUT2D eigenvalue weighted by atomic mass is 9.83. The van der Waals surface area contributed by atoms with Crippen molar-refractivity contribution in [3.05, 3.63) is 112 Å². The van der Waals surface area contributed by atoms with Crippen LogP contribution < -0.4 is 10.1 Å². The molecule has 0 bridgehead atoms. The summed E-state index contributed by atoms with van der Waals surface area (Å²) in [5.74, 6) is -0.680. The standard InChI is InChI=1S/C31H23F6N5O2/c1-16-25-27(19-10-12-22(13-11-19)38-18(3)43)26-17(2)40-42(24-9-5-7-21(15-24)31(35,36)37)29(26)44-28(25)41(39-16)23-8-4-6-20(14-23)30(32,33)34/h4-15,27H,1-3H3,(H,38,43). The van der Waals surface area contributed by atoms with Crippen LogP contribution in [0.1, 0.15) is 52.0 Å². The highest BCUT2D eigenvalue weighted by Crippen LogP contribution is 2.51. The van der Waals surface area contributed by atoms with Crippen molar-refractivity contribution in [1.29, 1.82) is 0 Å². The van der Waals surface area contributed by atoms with Crippen LogP contribution >= 0.6 is 0 Å². The molecule has 5 aromatic rings. The third kappa shape index (κ3) is 5.07. The minimum atomic E-state index is -4.61. The Labute approximate surface area is 246 Å². The van der Waals surface area contributed by atoms with Crippen LogP contribution in [0.3, 0.4) is 0 Å². The molecular formula is C31H23F6N5O2. The maximum atomic E-state index is 13.6. The predicted molar refractivity (Wildman–Crippen MR) is 148 cm³/mol. The second-order valence-electron chi connectivity index (χ2n) is 10.4. The number of carbonyl (C=O) groups excluding carboxylic acids is 1. The van der Waals surface area contributed by atoms with Crippen LogP contribution in [0.5, 0.6) is 11.8 Å². The number of aromatic nitrogens is 4. The fraction of sp³-hybridized carbons (Fsp3) is 0.194. The van der Waals surface area contributed by atoms with Crippen molar-refractivity contribution in [3.8, 4) is 23.1 Å². The molecule has 0 radical (unpaired) electrons. The van der Waals surface area contributed by atoms with Crippen LogP contribution in [-0.2, 0) is 17.1 Å². The molecule has 1 aliphatic heterocycles. The van der Waals surface area contributed by atoms with Gasteiger partial charge in [-0.2, -0.15) is 36.5 Å². The fourth-order valence-corrected chi connectivity index (χ4v) is 5.41. The first-order chi connectivity index (χ1) is 20.7. The minimum absolute atomic E-state index is 0.0780. The molecule has 0 aliphatic carbocycles. The summed E-state index contributed by atoms with van der Waals surface area (Å²) in [6.45, 7) is 4.77. The SMILES string of the molecule is CC(=O)Nc1ccc(C2c3c(C)nn(-c4cccc(C(F)(F)F)c4)c3Oc3c2c(C)nn3-c2cccc(C(F)(F)F)c2)cc1. The number of hydrogen-bond acceptors (Lipinski definition) is 4. The zero-order valence-electron chi connectivity index (χ0n) is 23.4. The molecule has 0 spiro atoms. The number of fused-ring (bicyclic) bond motifs is 2. The van der Waals surface area contributed by atoms with Crippen molar-refractivity contribution >= 4 is 11.6 Å². The number of anilines is 1. The average molecular weight is 612 g/mol. The van der Waals surface area contributed by atoms with Crippen molar-refractivity contribution in [3.63, 3.8) is 0 Å². The Balaban J connectivity index is 1.58. The van der Waals surface area contributed by atoms with Gasteiger partial charge in [-0.1, -0.05) is 24.3 Å². The third-order valence-corrected chi connectivity index (χ3v) is 7.30. The molecule has 0 unspecified atom stereocenters. The van der Waals surface area contributed by atoms with Crippen molar-refractivity contribution in [2.24, 2.45) is 0 Å². The lowest BCUT2D eigenvalue weighted by Gasteiger charge is -2.26. The number of nitrogens with one attached hydrogen (secondary N) is 1. The molecule has 13 heteroatoms. The van der Waals surface area contributed by atoms with E-state index in [0.29, 0.717) is 33.8 Å². The summed E-state index contributed by atoms with van der Waals surface area (Å²) >= 11 is 0. The van der Waals surface area contributed by atoms with Gasteiger partial charge in [0.15, 0.2) is 0 Å². The molecule has 6 rings (SSSR count). The van der Waals surface area contributed by atoms with Gasteiger partial charge in [0.1, 0.15) is 0 Å². The summed E-state index contributed by atoms with van der Waals surface area (Å²) in [5.41, 5.74) is 1.67. The number of nitrogens with zero attached hydrogens (tertiary/aromatic N) is 4. The van der Waals surface area contributed by atoms with E-state index in [1.165, 1.54) is 40.6 Å². The Morgan fingerprint density at radius 1 is 0.750 bits per heavy atom. The molecular weight excluding hydrogens is 588 g/mol. The van der Waals surface area contributed by atoms with Crippen molar-refractivity contribution < 1.29 is 35.9 Å². The van der Waals surface area contributed by atoms with Crippen LogP contribution in [0.25, 0.3) is 11.4 Å². The number of alkyl halides is 6. The Morgan fingerprint density at radius 3 is 1.61 bits per heavy atom. The molecule has 44 heavy (non-hydrogen) atoms. The summed E-state index contributed by atoms with van der Waals surface area (Å²) in [5, 5.41) is 11.8. The molecule has 1 aliphatic rings. The molecule has 0 saturated carbocycles. The number of aryl methyl sites for hydroxylation is 2. The second kappa shape index (κ2) is 10.3. The highest BCUT2D eigenvalue weighted by Gasteiger charge is 2.40. The lowest BCUT2D eigenvalue weighted by Crippen LogP contribution is -2.15. The zero-order valence-corrected chi connectivity index (χ0v) is 23.4. The average Bonchev–Trinajstić information content (AvgIpc) is 3.48. The molecule has 0 saturated heterocycles. The smallest absolute Gasteiger partial charge is 0.416 e. The monoisotopic (exact) mass is 611 g/mol. The maximum absolute atomic E-state index is 13.6. The number of carbonyl (C=O) groups is 1. The van der Waals surface area contributed by atoms with Crippen LogP contribution in [0.4, 0.5) is 32.0 Å². The van der Waals surface area contributed by atoms with E-state index in [1.807, 2.05) is 0 Å². The zero-order chi connectivity index (χ0) is 31.6. The lowest BCUT2D eigenvalue weighted by molar-refractivity contribution is -0.138. The molecule has 0 atom stereocenters. The van der Waals surface area contributed by atoms with Gasteiger partial charge in [0.05, 0.1) is 33.9 Å². The van der Waals surface area contributed by atoms with Gasteiger partial charge in [-0.05, 0) is 67.9 Å². The van der Waals surface area contributed by atoms with E-state index in [2.05, 4.69) is 15.5 Å². The Hall–Kier alpha value is -5.07. The van der Waals surface area contributed by atoms with Gasteiger partial charge < -0.3 is 10.1 Å². The first kappa shape index (κ1) is 29.0. The molecule has 3 heterocycles. The summed E-state index contributed by atoms with van der Waals surface area (Å²) in [6, 6.07) is 16.1. The molecule has 1 N–H and O–H groups in total. The van der Waals surface area contributed by atoms with E-state index in [-0.39, 0.29) is 29.0 Å². The van der Waals surface area contributed by atoms with Crippen molar-refractivity contribution in [2.45, 2.75) is 39.0 Å². The van der Waals surface area contributed by atoms with Crippen LogP contribution in [0.2, 0.25) is 0 Å². The molecule has 2 aromatic heterocycles. The van der Waals surface area contributed by atoms with Crippen LogP contribution in [0, 0.1) is 13.8 Å². The molecule has 0 fully saturated rings. The van der Waals surface area contributed by atoms with Gasteiger partial charge in [-0.25, -0.2) is 9.36 Å². The highest BCUT2D eigenvalue weighted by molar-refractivity contribution is 5.88. The van der Waals surface area contributed by atoms with E-state index in [4.69, 9.17) is 4.74 Å². The Kier molecular flexibility index (Phi) is 6.78. The summed E-state index contributed by atoms with van der Waals surface area (Å²) in [4.78, 5) is 11.6. The number of amides is 1. The fourth-order valence-electron chi connectivity index (χ4n) is 5.41. The van der Waals surface area contributed by atoms with E-state index in [9.17, 15) is 31.1 Å². The predicted octanol–water partition coefficient (Wildman–Crippen LogP) is 7.96. The van der Waals surface area contributed by atoms with Gasteiger partial charge in [-0.3, -0.25) is 4.79 Å². The number of hydrogen-bond donors (Lipinski definition) is 1. The van der Waals surface area contributed by atoms with E-state index >= 15 is 0 Å². The normalized spacial score (nSPS) is 13.3. The van der Waals surface area contributed by atoms with E-state index < -0.39 is 29.4 Å². The van der Waals surface area contributed by atoms with Gasteiger partial charge >= 0.3 is 12.4 Å². The summed E-state index contributed by atoms with van der Waals surface area (Å²) in [7, 11) is 0. The molecule has 226 valence electrons. The van der Waals surface area contributed by atoms with E-state index in [1.54, 1.807) is 38.1 Å². The quantitative estimate of drug-likeness (QED) is 0.205. The minimum Gasteiger partial charge on any atom is -0.420 e. The van der Waals surface area contributed by atoms with Gasteiger partial charge in [0.25, 0.3) is 0 Å². The number of halogens is 6. The van der Waals surface area contributed by atoms with Gasteiger partial charge in [0, 0.05) is 29.7 Å². The third-order valence-electron chi connectivity index (χ3n) is 7.30. The van der Waals surface area contributed by atoms with Gasteiger partial charge in [-0.15, -0.1) is 0 Å². The largest absolute Gasteiger partial charge is 0.420 e. The first-order valence-corrected chi connectivity index (χ1v) is 13.3. The van der Waals surface area contributed by atoms with Crippen LogP contribution in [-0.4, -0.2) is 25.5 Å².